The minimum atomic E-state index is 0.312. The lowest BCUT2D eigenvalue weighted by atomic mass is 9.74. The molecule has 0 spiro atoms. The summed E-state index contributed by atoms with van der Waals surface area (Å²) in [6.45, 7) is 1.11. The number of Topliss-reactive ketones (excluding diaryl/α,β-unsaturated/α-hetero) is 1. The molecule has 4 heterocycles. The van der Waals surface area contributed by atoms with Crippen LogP contribution in [-0.4, -0.2) is 23.3 Å². The number of fused-ring (bicyclic) bond motifs is 3. The molecule has 19 heavy (non-hydrogen) atoms. The minimum Gasteiger partial charge on any atom is -0.365 e. The Balaban J connectivity index is 1.74. The second-order valence-electron chi connectivity index (χ2n) is 6.14. The average molecular weight is 253 g/mol. The van der Waals surface area contributed by atoms with E-state index in [0.717, 1.165) is 24.2 Å². The van der Waals surface area contributed by atoms with Crippen molar-refractivity contribution in [2.45, 2.75) is 31.7 Å². The van der Waals surface area contributed by atoms with Crippen LogP contribution in [0, 0.1) is 11.8 Å². The lowest BCUT2D eigenvalue weighted by molar-refractivity contribution is -0.130. The van der Waals surface area contributed by atoms with Crippen LogP contribution in [0.3, 0.4) is 0 Å². The number of hydrogen-bond donors (Lipinski definition) is 0. The van der Waals surface area contributed by atoms with Crippen molar-refractivity contribution in [3.63, 3.8) is 0 Å². The SMILES string of the molecule is O=C1/C(=C/c2ccccc2)N2C[C@@H]3CCC[C@H]2C[C@@H]13. The normalized spacial score (nSPS) is 34.9. The second kappa shape index (κ2) is 4.22. The third-order valence-electron chi connectivity index (χ3n) is 5.08. The van der Waals surface area contributed by atoms with Gasteiger partial charge in [0.15, 0.2) is 5.78 Å². The lowest BCUT2D eigenvalue weighted by Gasteiger charge is -2.49. The first-order valence-electron chi connectivity index (χ1n) is 7.40. The molecule has 98 valence electrons. The Bertz CT molecular complexity index is 533. The highest BCUT2D eigenvalue weighted by molar-refractivity contribution is 6.02. The highest BCUT2D eigenvalue weighted by Gasteiger charge is 2.48. The quantitative estimate of drug-likeness (QED) is 0.717. The van der Waals surface area contributed by atoms with Gasteiger partial charge in [0.1, 0.15) is 0 Å². The summed E-state index contributed by atoms with van der Waals surface area (Å²) in [5.74, 6) is 1.34. The van der Waals surface area contributed by atoms with Crippen molar-refractivity contribution in [2.75, 3.05) is 6.54 Å². The summed E-state index contributed by atoms with van der Waals surface area (Å²) in [5.41, 5.74) is 2.12. The molecule has 3 atom stereocenters. The van der Waals surface area contributed by atoms with E-state index in [0.29, 0.717) is 23.7 Å². The number of nitrogens with zero attached hydrogens (tertiary/aromatic N) is 1. The molecule has 0 amide bonds. The summed E-state index contributed by atoms with van der Waals surface area (Å²) in [6.07, 6.45) is 7.03. The summed E-state index contributed by atoms with van der Waals surface area (Å²) in [7, 11) is 0. The smallest absolute Gasteiger partial charge is 0.182 e. The minimum absolute atomic E-state index is 0.312. The first-order valence-corrected chi connectivity index (χ1v) is 7.40. The Hall–Kier alpha value is -1.57. The predicted octanol–water partition coefficient (Wildman–Crippen LogP) is 3.10. The molecule has 4 bridgehead atoms. The summed E-state index contributed by atoms with van der Waals surface area (Å²) >= 11 is 0. The maximum absolute atomic E-state index is 12.6. The van der Waals surface area contributed by atoms with E-state index in [9.17, 15) is 4.79 Å². The van der Waals surface area contributed by atoms with Crippen LogP contribution in [-0.2, 0) is 4.79 Å². The van der Waals surface area contributed by atoms with Gasteiger partial charge in [-0.1, -0.05) is 36.8 Å². The molecule has 2 nitrogen and oxygen atoms in total. The molecule has 1 aliphatic carbocycles. The number of ketones is 1. The number of benzene rings is 1. The van der Waals surface area contributed by atoms with Gasteiger partial charge in [-0.15, -0.1) is 0 Å². The van der Waals surface area contributed by atoms with Crippen molar-refractivity contribution in [2.24, 2.45) is 11.8 Å². The van der Waals surface area contributed by atoms with Crippen LogP contribution in [0.5, 0.6) is 0 Å². The van der Waals surface area contributed by atoms with Gasteiger partial charge in [0.25, 0.3) is 0 Å². The topological polar surface area (TPSA) is 20.3 Å². The monoisotopic (exact) mass is 253 g/mol. The van der Waals surface area contributed by atoms with Crippen molar-refractivity contribution < 1.29 is 4.79 Å². The number of hydrogen-bond acceptors (Lipinski definition) is 2. The lowest BCUT2D eigenvalue weighted by Crippen LogP contribution is -2.54. The molecule has 1 aromatic rings. The number of piperidine rings is 3. The Morgan fingerprint density at radius 3 is 2.84 bits per heavy atom. The van der Waals surface area contributed by atoms with Gasteiger partial charge < -0.3 is 4.90 Å². The van der Waals surface area contributed by atoms with Crippen LogP contribution in [0.4, 0.5) is 0 Å². The number of carbonyl (C=O) groups is 1. The van der Waals surface area contributed by atoms with Crippen LogP contribution in [0.1, 0.15) is 31.2 Å². The third kappa shape index (κ3) is 1.73. The molecular weight excluding hydrogens is 234 g/mol. The van der Waals surface area contributed by atoms with Gasteiger partial charge in [0.05, 0.1) is 5.70 Å². The molecule has 0 N–H and O–H groups in total. The van der Waals surface area contributed by atoms with Gasteiger partial charge in [-0.05, 0) is 36.8 Å². The van der Waals surface area contributed by atoms with Gasteiger partial charge in [0, 0.05) is 18.5 Å². The van der Waals surface area contributed by atoms with E-state index in [2.05, 4.69) is 23.1 Å². The summed E-state index contributed by atoms with van der Waals surface area (Å²) in [5, 5.41) is 0. The fourth-order valence-electron chi connectivity index (χ4n) is 4.13. The summed E-state index contributed by atoms with van der Waals surface area (Å²) in [6, 6.07) is 10.9. The largest absolute Gasteiger partial charge is 0.365 e. The Morgan fingerprint density at radius 2 is 2.00 bits per heavy atom. The van der Waals surface area contributed by atoms with E-state index >= 15 is 0 Å². The summed E-state index contributed by atoms with van der Waals surface area (Å²) in [4.78, 5) is 15.0. The number of carbonyl (C=O) groups excluding carboxylic acids is 1. The van der Waals surface area contributed by atoms with Gasteiger partial charge >= 0.3 is 0 Å². The van der Waals surface area contributed by atoms with Crippen molar-refractivity contribution in [1.29, 1.82) is 0 Å². The van der Waals surface area contributed by atoms with Crippen LogP contribution in [0.25, 0.3) is 6.08 Å². The predicted molar refractivity (Wildman–Crippen MR) is 75.4 cm³/mol. The van der Waals surface area contributed by atoms with Crippen molar-refractivity contribution in [3.8, 4) is 0 Å². The second-order valence-corrected chi connectivity index (χ2v) is 6.14. The maximum atomic E-state index is 12.6. The zero-order chi connectivity index (χ0) is 12.8. The third-order valence-corrected chi connectivity index (χ3v) is 5.08. The van der Waals surface area contributed by atoms with E-state index in [4.69, 9.17) is 0 Å². The van der Waals surface area contributed by atoms with E-state index in [1.165, 1.54) is 19.3 Å². The Kier molecular flexibility index (Phi) is 2.51. The molecular formula is C17H19NO. The van der Waals surface area contributed by atoms with Crippen molar-refractivity contribution in [3.05, 3.63) is 41.6 Å². The molecule has 6 rings (SSSR count). The highest BCUT2D eigenvalue weighted by Crippen LogP contribution is 2.46. The van der Waals surface area contributed by atoms with Gasteiger partial charge in [-0.2, -0.15) is 0 Å². The van der Waals surface area contributed by atoms with E-state index in [-0.39, 0.29) is 0 Å². The molecule has 1 aromatic carbocycles. The van der Waals surface area contributed by atoms with E-state index in [1.807, 2.05) is 18.2 Å². The van der Waals surface area contributed by atoms with E-state index in [1.54, 1.807) is 0 Å². The Morgan fingerprint density at radius 1 is 1.16 bits per heavy atom. The van der Waals surface area contributed by atoms with Crippen LogP contribution < -0.4 is 0 Å². The van der Waals surface area contributed by atoms with Gasteiger partial charge in [-0.3, -0.25) is 4.79 Å². The first-order chi connectivity index (χ1) is 9.33. The van der Waals surface area contributed by atoms with Crippen LogP contribution >= 0.6 is 0 Å². The molecule has 0 radical (unpaired) electrons. The molecule has 4 aliphatic heterocycles. The van der Waals surface area contributed by atoms with Crippen LogP contribution in [0.15, 0.2) is 36.0 Å². The van der Waals surface area contributed by atoms with Crippen molar-refractivity contribution >= 4 is 11.9 Å². The average Bonchev–Trinajstić information content (AvgIpc) is 2.76. The fraction of sp³-hybridized carbons (Fsp3) is 0.471. The molecule has 5 aliphatic rings. The molecule has 0 aromatic heterocycles. The number of rotatable bonds is 1. The van der Waals surface area contributed by atoms with E-state index < -0.39 is 0 Å². The molecule has 5 fully saturated rings. The fourth-order valence-corrected chi connectivity index (χ4v) is 4.13. The Labute approximate surface area is 114 Å². The van der Waals surface area contributed by atoms with Crippen LogP contribution in [0.2, 0.25) is 0 Å². The standard InChI is InChI=1S/C17H19NO/c19-17-15-10-14-8-4-7-13(15)11-18(14)16(17)9-12-5-2-1-3-6-12/h1-3,5-6,9,13-15H,4,7-8,10-11H2/b16-9-/t13-,14-,15+/m0/s1. The zero-order valence-corrected chi connectivity index (χ0v) is 11.1. The molecule has 2 heteroatoms. The molecule has 0 unspecified atom stereocenters. The first kappa shape index (κ1) is 11.3. The number of allylic oxidation sites excluding steroid dienone is 1. The molecule has 4 saturated heterocycles. The summed E-state index contributed by atoms with van der Waals surface area (Å²) < 4.78 is 0. The highest BCUT2D eigenvalue weighted by atomic mass is 16.1. The maximum Gasteiger partial charge on any atom is 0.182 e. The van der Waals surface area contributed by atoms with Crippen molar-refractivity contribution in [1.82, 2.24) is 4.90 Å². The zero-order valence-electron chi connectivity index (χ0n) is 11.1. The molecule has 1 saturated carbocycles. The van der Waals surface area contributed by atoms with Gasteiger partial charge in [0.2, 0.25) is 0 Å². The van der Waals surface area contributed by atoms with Gasteiger partial charge in [-0.25, -0.2) is 0 Å².